The van der Waals surface area contributed by atoms with Crippen molar-refractivity contribution < 1.29 is 19.0 Å². The van der Waals surface area contributed by atoms with E-state index in [9.17, 15) is 14.3 Å². The second-order valence-corrected chi connectivity index (χ2v) is 7.46. The minimum Gasteiger partial charge on any atom is -0.488 e. The molecule has 1 aliphatic carbocycles. The van der Waals surface area contributed by atoms with Crippen molar-refractivity contribution >= 4 is 5.91 Å². The van der Waals surface area contributed by atoms with Gasteiger partial charge >= 0.3 is 0 Å². The minimum atomic E-state index is -0.552. The van der Waals surface area contributed by atoms with E-state index in [4.69, 9.17) is 4.74 Å². The number of ether oxygens (including phenoxy) is 1. The first-order valence-electron chi connectivity index (χ1n) is 9.61. The Balaban J connectivity index is 1.54. The van der Waals surface area contributed by atoms with Gasteiger partial charge in [-0.3, -0.25) is 9.69 Å². The van der Waals surface area contributed by atoms with Crippen molar-refractivity contribution in [3.05, 3.63) is 30.1 Å². The number of hydrogen-bond donors (Lipinski definition) is 2. The lowest BCUT2D eigenvalue weighted by Crippen LogP contribution is -2.54. The lowest BCUT2D eigenvalue weighted by molar-refractivity contribution is -0.122. The predicted octanol–water partition coefficient (Wildman–Crippen LogP) is 2.33. The summed E-state index contributed by atoms with van der Waals surface area (Å²) in [5, 5.41) is 13.5. The van der Waals surface area contributed by atoms with Crippen LogP contribution in [0.25, 0.3) is 0 Å². The van der Waals surface area contributed by atoms with Crippen molar-refractivity contribution in [1.29, 1.82) is 0 Å². The van der Waals surface area contributed by atoms with E-state index in [1.165, 1.54) is 12.1 Å². The smallest absolute Gasteiger partial charge is 0.220 e. The standard InChI is InChI=1S/C20H29FN2O3/c1-22-19(24)13-14-9-11-23(12-10-14)17-3-2-4-18(20(17)25)26-16-7-5-15(21)6-8-16/h5-8,14,17-18,20,25H,2-4,9-13H2,1H3,(H,22,24)/t17-,18+,20+/m0/s1. The van der Waals surface area contributed by atoms with Gasteiger partial charge in [-0.25, -0.2) is 4.39 Å². The van der Waals surface area contributed by atoms with Gasteiger partial charge in [0.25, 0.3) is 0 Å². The molecule has 0 unspecified atom stereocenters. The first-order valence-corrected chi connectivity index (χ1v) is 9.61. The number of likely N-dealkylation sites (tertiary alicyclic amines) is 1. The third-order valence-corrected chi connectivity index (χ3v) is 5.74. The second-order valence-electron chi connectivity index (χ2n) is 7.46. The highest BCUT2D eigenvalue weighted by molar-refractivity contribution is 5.75. The van der Waals surface area contributed by atoms with Crippen LogP contribution in [0, 0.1) is 11.7 Å². The van der Waals surface area contributed by atoms with E-state index in [-0.39, 0.29) is 23.9 Å². The summed E-state index contributed by atoms with van der Waals surface area (Å²) in [5.74, 6) is 0.839. The Kier molecular flexibility index (Phi) is 6.48. The summed E-state index contributed by atoms with van der Waals surface area (Å²) in [4.78, 5) is 13.9. The van der Waals surface area contributed by atoms with Gasteiger partial charge in [-0.15, -0.1) is 0 Å². The first-order chi connectivity index (χ1) is 12.6. The molecule has 1 aliphatic heterocycles. The fourth-order valence-corrected chi connectivity index (χ4v) is 4.19. The fraction of sp³-hybridized carbons (Fsp3) is 0.650. The van der Waals surface area contributed by atoms with Gasteiger partial charge in [-0.1, -0.05) is 0 Å². The number of rotatable bonds is 5. The van der Waals surface area contributed by atoms with E-state index in [2.05, 4.69) is 10.2 Å². The summed E-state index contributed by atoms with van der Waals surface area (Å²) in [6.45, 7) is 1.82. The van der Waals surface area contributed by atoms with Gasteiger partial charge in [-0.05, 0) is 75.4 Å². The van der Waals surface area contributed by atoms with Gasteiger partial charge in [0.05, 0.1) is 0 Å². The first kappa shape index (κ1) is 19.1. The van der Waals surface area contributed by atoms with Crippen molar-refractivity contribution in [1.82, 2.24) is 10.2 Å². The Morgan fingerprint density at radius 3 is 2.58 bits per heavy atom. The number of halogens is 1. The number of aliphatic hydroxyl groups excluding tert-OH is 1. The molecule has 1 amide bonds. The molecule has 1 saturated heterocycles. The molecule has 1 heterocycles. The van der Waals surface area contributed by atoms with Crippen molar-refractivity contribution in [2.75, 3.05) is 20.1 Å². The number of nitrogens with one attached hydrogen (secondary N) is 1. The number of nitrogens with zero attached hydrogens (tertiary/aromatic N) is 1. The van der Waals surface area contributed by atoms with Gasteiger partial charge in [-0.2, -0.15) is 0 Å². The Hall–Kier alpha value is -1.66. The van der Waals surface area contributed by atoms with E-state index in [1.54, 1.807) is 19.2 Å². The van der Waals surface area contributed by atoms with Gasteiger partial charge in [0.2, 0.25) is 5.91 Å². The molecule has 1 aromatic rings. The number of aliphatic hydroxyl groups is 1. The van der Waals surface area contributed by atoms with Crippen LogP contribution in [0.2, 0.25) is 0 Å². The molecule has 1 saturated carbocycles. The van der Waals surface area contributed by atoms with Crippen molar-refractivity contribution in [3.63, 3.8) is 0 Å². The van der Waals surface area contributed by atoms with Crippen LogP contribution in [0.1, 0.15) is 38.5 Å². The van der Waals surface area contributed by atoms with Gasteiger partial charge in [0.1, 0.15) is 23.8 Å². The molecule has 26 heavy (non-hydrogen) atoms. The number of carbonyl (C=O) groups excluding carboxylic acids is 1. The Morgan fingerprint density at radius 1 is 1.23 bits per heavy atom. The zero-order chi connectivity index (χ0) is 18.5. The highest BCUT2D eigenvalue weighted by atomic mass is 19.1. The number of piperidine rings is 1. The molecule has 0 radical (unpaired) electrons. The Labute approximate surface area is 154 Å². The van der Waals surface area contributed by atoms with Crippen LogP contribution in [0.5, 0.6) is 5.75 Å². The summed E-state index contributed by atoms with van der Waals surface area (Å²) in [5.41, 5.74) is 0. The molecule has 2 N–H and O–H groups in total. The lowest BCUT2D eigenvalue weighted by atomic mass is 9.85. The Bertz CT molecular complexity index is 587. The molecule has 2 aliphatic rings. The van der Waals surface area contributed by atoms with E-state index in [0.29, 0.717) is 18.1 Å². The molecular formula is C20H29FN2O3. The minimum absolute atomic E-state index is 0.0927. The number of benzene rings is 1. The summed E-state index contributed by atoms with van der Waals surface area (Å²) in [6.07, 6.45) is 4.53. The maximum atomic E-state index is 13.0. The summed E-state index contributed by atoms with van der Waals surface area (Å²) < 4.78 is 19.0. The predicted molar refractivity (Wildman–Crippen MR) is 97.4 cm³/mol. The molecule has 2 fully saturated rings. The van der Waals surface area contributed by atoms with Crippen LogP contribution in [0.15, 0.2) is 24.3 Å². The van der Waals surface area contributed by atoms with Gasteiger partial charge in [0.15, 0.2) is 0 Å². The Morgan fingerprint density at radius 2 is 1.92 bits per heavy atom. The molecule has 5 nitrogen and oxygen atoms in total. The molecule has 3 atom stereocenters. The average Bonchev–Trinajstić information content (AvgIpc) is 2.66. The topological polar surface area (TPSA) is 61.8 Å². The van der Waals surface area contributed by atoms with Crippen LogP contribution in [-0.2, 0) is 4.79 Å². The summed E-state index contributed by atoms with van der Waals surface area (Å²) in [7, 11) is 1.68. The normalized spacial score (nSPS) is 27.9. The molecule has 0 spiro atoms. The van der Waals surface area contributed by atoms with Gasteiger partial charge < -0.3 is 15.2 Å². The molecule has 0 aromatic heterocycles. The van der Waals surface area contributed by atoms with E-state index < -0.39 is 6.10 Å². The van der Waals surface area contributed by atoms with Crippen LogP contribution in [0.3, 0.4) is 0 Å². The van der Waals surface area contributed by atoms with Gasteiger partial charge in [0, 0.05) is 19.5 Å². The summed E-state index contributed by atoms with van der Waals surface area (Å²) >= 11 is 0. The maximum Gasteiger partial charge on any atom is 0.220 e. The highest BCUT2D eigenvalue weighted by Crippen LogP contribution is 2.31. The molecule has 6 heteroatoms. The lowest BCUT2D eigenvalue weighted by Gasteiger charge is -2.44. The maximum absolute atomic E-state index is 13.0. The fourth-order valence-electron chi connectivity index (χ4n) is 4.19. The number of hydrogen-bond acceptors (Lipinski definition) is 4. The van der Waals surface area contributed by atoms with Crippen molar-refractivity contribution in [3.8, 4) is 5.75 Å². The highest BCUT2D eigenvalue weighted by Gasteiger charge is 2.38. The van der Waals surface area contributed by atoms with Crippen molar-refractivity contribution in [2.24, 2.45) is 5.92 Å². The molecular weight excluding hydrogens is 335 g/mol. The second kappa shape index (κ2) is 8.82. The monoisotopic (exact) mass is 364 g/mol. The largest absolute Gasteiger partial charge is 0.488 e. The molecule has 144 valence electrons. The average molecular weight is 364 g/mol. The third kappa shape index (κ3) is 4.74. The van der Waals surface area contributed by atoms with E-state index in [0.717, 1.165) is 45.2 Å². The van der Waals surface area contributed by atoms with Crippen LogP contribution in [-0.4, -0.2) is 54.3 Å². The molecule has 0 bridgehead atoms. The SMILES string of the molecule is CNC(=O)CC1CCN([C@H]2CCC[C@@H](Oc3ccc(F)cc3)[C@@H]2O)CC1. The molecule has 1 aromatic carbocycles. The molecule has 3 rings (SSSR count). The van der Waals surface area contributed by atoms with E-state index >= 15 is 0 Å². The zero-order valence-corrected chi connectivity index (χ0v) is 15.4. The van der Waals surface area contributed by atoms with E-state index in [1.807, 2.05) is 0 Å². The van der Waals surface area contributed by atoms with Crippen LogP contribution in [0.4, 0.5) is 4.39 Å². The number of amides is 1. The number of carbonyl (C=O) groups is 1. The zero-order valence-electron chi connectivity index (χ0n) is 15.4. The quantitative estimate of drug-likeness (QED) is 0.842. The van der Waals surface area contributed by atoms with Crippen molar-refractivity contribution in [2.45, 2.75) is 56.8 Å². The summed E-state index contributed by atoms with van der Waals surface area (Å²) in [6, 6.07) is 6.06. The van der Waals surface area contributed by atoms with Crippen LogP contribution < -0.4 is 10.1 Å². The third-order valence-electron chi connectivity index (χ3n) is 5.74. The van der Waals surface area contributed by atoms with Crippen LogP contribution >= 0.6 is 0 Å².